The predicted molar refractivity (Wildman–Crippen MR) is 104 cm³/mol. The first-order valence-corrected chi connectivity index (χ1v) is 10.6. The van der Waals surface area contributed by atoms with E-state index in [1.165, 1.54) is 61.4 Å². The Bertz CT molecular complexity index is 467. The summed E-state index contributed by atoms with van der Waals surface area (Å²) in [6.45, 7) is 2.32. The molecule has 0 N–H and O–H groups in total. The van der Waals surface area contributed by atoms with Crippen LogP contribution >= 0.6 is 22.6 Å². The van der Waals surface area contributed by atoms with E-state index in [9.17, 15) is 0 Å². The van der Waals surface area contributed by atoms with Crippen molar-refractivity contribution in [3.05, 3.63) is 33.4 Å². The van der Waals surface area contributed by atoms with Gasteiger partial charge in [0.15, 0.2) is 0 Å². The van der Waals surface area contributed by atoms with E-state index < -0.39 is 0 Å². The Morgan fingerprint density at radius 3 is 2.55 bits per heavy atom. The third-order valence-electron chi connectivity index (χ3n) is 6.28. The normalized spacial score (nSPS) is 31.7. The van der Waals surface area contributed by atoms with E-state index in [1.807, 2.05) is 0 Å². The molecule has 3 rings (SSSR count). The molecule has 0 nitrogen and oxygen atoms in total. The molecule has 0 amide bonds. The number of rotatable bonds is 5. The molecule has 0 aliphatic heterocycles. The second-order valence-electron chi connectivity index (χ2n) is 7.73. The number of fused-ring (bicyclic) bond motifs is 1. The van der Waals surface area contributed by atoms with Gasteiger partial charge in [0, 0.05) is 3.57 Å². The molecule has 1 aromatic rings. The SMILES string of the molecule is CCCCC[C@H]1CCC2C[C@H](c3ccccc3I)CC[C@H]2C1. The van der Waals surface area contributed by atoms with Crippen LogP contribution in [0.4, 0.5) is 0 Å². The summed E-state index contributed by atoms with van der Waals surface area (Å²) in [5, 5.41) is 0. The second-order valence-corrected chi connectivity index (χ2v) is 8.89. The topological polar surface area (TPSA) is 0 Å². The first-order valence-electron chi connectivity index (χ1n) is 9.52. The van der Waals surface area contributed by atoms with E-state index in [0.717, 1.165) is 23.7 Å². The molecule has 1 unspecified atom stereocenters. The summed E-state index contributed by atoms with van der Waals surface area (Å²) in [4.78, 5) is 0. The van der Waals surface area contributed by atoms with Crippen LogP contribution in [0.25, 0.3) is 0 Å². The van der Waals surface area contributed by atoms with Gasteiger partial charge in [0.05, 0.1) is 0 Å². The van der Waals surface area contributed by atoms with Crippen molar-refractivity contribution in [1.82, 2.24) is 0 Å². The summed E-state index contributed by atoms with van der Waals surface area (Å²) in [5.41, 5.74) is 1.63. The van der Waals surface area contributed by atoms with Crippen molar-refractivity contribution in [2.45, 2.75) is 77.0 Å². The highest BCUT2D eigenvalue weighted by Gasteiger charge is 2.36. The zero-order valence-corrected chi connectivity index (χ0v) is 16.2. The van der Waals surface area contributed by atoms with Crippen LogP contribution < -0.4 is 0 Å². The van der Waals surface area contributed by atoms with E-state index in [2.05, 4.69) is 53.8 Å². The summed E-state index contributed by atoms with van der Waals surface area (Å²) < 4.78 is 1.48. The molecule has 0 aromatic heterocycles. The summed E-state index contributed by atoms with van der Waals surface area (Å²) in [7, 11) is 0. The van der Waals surface area contributed by atoms with Crippen LogP contribution in [-0.4, -0.2) is 0 Å². The van der Waals surface area contributed by atoms with E-state index in [1.54, 1.807) is 12.0 Å². The molecule has 2 aliphatic carbocycles. The minimum Gasteiger partial charge on any atom is -0.0654 e. The fourth-order valence-electron chi connectivity index (χ4n) is 5.02. The number of hydrogen-bond acceptors (Lipinski definition) is 0. The maximum absolute atomic E-state index is 2.53. The Kier molecular flexibility index (Phi) is 6.24. The quantitative estimate of drug-likeness (QED) is 0.357. The van der Waals surface area contributed by atoms with Gasteiger partial charge in [-0.1, -0.05) is 57.2 Å². The zero-order valence-electron chi connectivity index (χ0n) is 14.1. The molecule has 1 aromatic carbocycles. The fraction of sp³-hybridized carbons (Fsp3) is 0.714. The highest BCUT2D eigenvalue weighted by molar-refractivity contribution is 14.1. The predicted octanol–water partition coefficient (Wildman–Crippen LogP) is 7.17. The summed E-state index contributed by atoms with van der Waals surface area (Å²) in [5.74, 6) is 3.97. The van der Waals surface area contributed by atoms with Gasteiger partial charge in [-0.05, 0) is 90.0 Å². The van der Waals surface area contributed by atoms with Crippen molar-refractivity contribution in [3.63, 3.8) is 0 Å². The standard InChI is InChI=1S/C21H31I/c1-2-3-4-7-16-10-11-18-15-19(13-12-17(18)14-16)20-8-5-6-9-21(20)22/h5-6,8-9,16-19H,2-4,7,10-15H2,1H3/t16-,17-,18?,19+/m0/s1. The van der Waals surface area contributed by atoms with Crippen LogP contribution in [0.5, 0.6) is 0 Å². The Hall–Kier alpha value is -0.0500. The number of halogens is 1. The van der Waals surface area contributed by atoms with Crippen LogP contribution in [-0.2, 0) is 0 Å². The molecule has 2 fully saturated rings. The van der Waals surface area contributed by atoms with Crippen molar-refractivity contribution in [1.29, 1.82) is 0 Å². The van der Waals surface area contributed by atoms with Gasteiger partial charge in [-0.25, -0.2) is 0 Å². The number of hydrogen-bond donors (Lipinski definition) is 0. The van der Waals surface area contributed by atoms with Gasteiger partial charge < -0.3 is 0 Å². The first kappa shape index (κ1) is 16.8. The third-order valence-corrected chi connectivity index (χ3v) is 7.27. The minimum absolute atomic E-state index is 0.839. The van der Waals surface area contributed by atoms with Gasteiger partial charge in [0.2, 0.25) is 0 Å². The average molecular weight is 410 g/mol. The Balaban J connectivity index is 1.54. The molecule has 4 atom stereocenters. The zero-order chi connectivity index (χ0) is 15.4. The smallest absolute Gasteiger partial charge is 0.0165 e. The highest BCUT2D eigenvalue weighted by Crippen LogP contribution is 2.48. The average Bonchev–Trinajstić information content (AvgIpc) is 2.55. The molecule has 2 saturated carbocycles. The molecule has 22 heavy (non-hydrogen) atoms. The van der Waals surface area contributed by atoms with Gasteiger partial charge in [-0.2, -0.15) is 0 Å². The lowest BCUT2D eigenvalue weighted by molar-refractivity contribution is 0.113. The fourth-order valence-corrected chi connectivity index (χ4v) is 5.85. The van der Waals surface area contributed by atoms with Gasteiger partial charge in [-0.3, -0.25) is 0 Å². The number of unbranched alkanes of at least 4 members (excludes halogenated alkanes) is 2. The van der Waals surface area contributed by atoms with Crippen molar-refractivity contribution in [2.24, 2.45) is 17.8 Å². The Morgan fingerprint density at radius 1 is 0.955 bits per heavy atom. The van der Waals surface area contributed by atoms with Crippen LogP contribution in [0, 0.1) is 21.3 Å². The lowest BCUT2D eigenvalue weighted by atomic mass is 9.63. The molecule has 0 bridgehead atoms. The highest BCUT2D eigenvalue weighted by atomic mass is 127. The minimum atomic E-state index is 0.839. The Labute approximate surface area is 150 Å². The molecular formula is C21H31I. The van der Waals surface area contributed by atoms with Gasteiger partial charge in [0.25, 0.3) is 0 Å². The molecule has 0 spiro atoms. The lowest BCUT2D eigenvalue weighted by Crippen LogP contribution is -2.30. The monoisotopic (exact) mass is 410 g/mol. The summed E-state index contributed by atoms with van der Waals surface area (Å²) in [6, 6.07) is 9.07. The third kappa shape index (κ3) is 4.07. The molecule has 0 heterocycles. The lowest BCUT2D eigenvalue weighted by Gasteiger charge is -2.42. The Morgan fingerprint density at radius 2 is 1.73 bits per heavy atom. The van der Waals surface area contributed by atoms with Crippen LogP contribution in [0.3, 0.4) is 0 Å². The van der Waals surface area contributed by atoms with Gasteiger partial charge in [0.1, 0.15) is 0 Å². The molecule has 1 heteroatoms. The summed E-state index contributed by atoms with van der Waals surface area (Å²) in [6.07, 6.45) is 14.8. The first-order chi connectivity index (χ1) is 10.8. The maximum Gasteiger partial charge on any atom is 0.0165 e. The molecular weight excluding hydrogens is 379 g/mol. The van der Waals surface area contributed by atoms with Crippen molar-refractivity contribution in [3.8, 4) is 0 Å². The second kappa shape index (κ2) is 8.17. The van der Waals surface area contributed by atoms with Gasteiger partial charge >= 0.3 is 0 Å². The summed E-state index contributed by atoms with van der Waals surface area (Å²) >= 11 is 2.53. The number of benzene rings is 1. The maximum atomic E-state index is 2.53. The van der Waals surface area contributed by atoms with Crippen molar-refractivity contribution in [2.75, 3.05) is 0 Å². The molecule has 0 radical (unpaired) electrons. The van der Waals surface area contributed by atoms with Crippen molar-refractivity contribution >= 4 is 22.6 Å². The van der Waals surface area contributed by atoms with Crippen LogP contribution in [0.1, 0.15) is 82.6 Å². The van der Waals surface area contributed by atoms with E-state index >= 15 is 0 Å². The van der Waals surface area contributed by atoms with Gasteiger partial charge in [-0.15, -0.1) is 0 Å². The van der Waals surface area contributed by atoms with E-state index in [4.69, 9.17) is 0 Å². The molecule has 0 saturated heterocycles. The van der Waals surface area contributed by atoms with Crippen LogP contribution in [0.15, 0.2) is 24.3 Å². The van der Waals surface area contributed by atoms with E-state index in [0.29, 0.717) is 0 Å². The van der Waals surface area contributed by atoms with Crippen molar-refractivity contribution < 1.29 is 0 Å². The van der Waals surface area contributed by atoms with Crippen LogP contribution in [0.2, 0.25) is 0 Å². The largest absolute Gasteiger partial charge is 0.0654 e. The molecule has 2 aliphatic rings. The molecule has 122 valence electrons. The van der Waals surface area contributed by atoms with E-state index in [-0.39, 0.29) is 0 Å².